The van der Waals surface area contributed by atoms with Gasteiger partial charge in [-0.1, -0.05) is 0 Å². The van der Waals surface area contributed by atoms with Crippen molar-refractivity contribution >= 4 is 5.91 Å². The van der Waals surface area contributed by atoms with Crippen LogP contribution in [0.3, 0.4) is 0 Å². The third kappa shape index (κ3) is 2.79. The molecule has 1 aliphatic carbocycles. The van der Waals surface area contributed by atoms with Crippen LogP contribution in [0.15, 0.2) is 16.7 Å². The molecule has 2 atom stereocenters. The maximum atomic E-state index is 12.3. The minimum atomic E-state index is 0.0314. The van der Waals surface area contributed by atoms with Crippen LogP contribution in [-0.2, 0) is 20.7 Å². The summed E-state index contributed by atoms with van der Waals surface area (Å²) in [6.45, 7) is 6.22. The molecule has 1 aromatic heterocycles. The highest BCUT2D eigenvalue weighted by Gasteiger charge is 2.56. The number of ether oxygens (including phenoxy) is 2. The molecule has 2 heterocycles. The zero-order valence-corrected chi connectivity index (χ0v) is 13.4. The van der Waals surface area contributed by atoms with E-state index in [2.05, 4.69) is 5.32 Å². The molecule has 1 N–H and O–H groups in total. The maximum absolute atomic E-state index is 12.3. The molecule has 0 unspecified atom stereocenters. The predicted molar refractivity (Wildman–Crippen MR) is 81.6 cm³/mol. The molecule has 1 aromatic rings. The lowest BCUT2D eigenvalue weighted by atomic mass is 9.57. The Morgan fingerprint density at radius 3 is 2.86 bits per heavy atom. The lowest BCUT2D eigenvalue weighted by Crippen LogP contribution is -2.66. The van der Waals surface area contributed by atoms with Gasteiger partial charge in [-0.15, -0.1) is 0 Å². The van der Waals surface area contributed by atoms with Crippen molar-refractivity contribution in [2.75, 3.05) is 19.8 Å². The second-order valence-electron chi connectivity index (χ2n) is 6.35. The topological polar surface area (TPSA) is 60.7 Å². The number of carbonyl (C=O) groups excluding carboxylic acids is 1. The quantitative estimate of drug-likeness (QED) is 0.906. The van der Waals surface area contributed by atoms with Crippen LogP contribution in [-0.4, -0.2) is 37.9 Å². The lowest BCUT2D eigenvalue weighted by molar-refractivity contribution is -0.175. The van der Waals surface area contributed by atoms with Gasteiger partial charge in [-0.3, -0.25) is 4.79 Å². The molecule has 0 bridgehead atoms. The van der Waals surface area contributed by atoms with E-state index in [-0.39, 0.29) is 23.5 Å². The van der Waals surface area contributed by atoms with Crippen molar-refractivity contribution in [3.63, 3.8) is 0 Å². The maximum Gasteiger partial charge on any atom is 0.227 e. The van der Waals surface area contributed by atoms with E-state index < -0.39 is 0 Å². The Kier molecular flexibility index (Phi) is 4.54. The molecule has 1 saturated heterocycles. The van der Waals surface area contributed by atoms with E-state index >= 15 is 0 Å². The lowest BCUT2D eigenvalue weighted by Gasteiger charge is -2.57. The summed E-state index contributed by atoms with van der Waals surface area (Å²) < 4.78 is 16.7. The number of furan rings is 1. The minimum Gasteiger partial charge on any atom is -0.469 e. The van der Waals surface area contributed by atoms with Crippen molar-refractivity contribution < 1.29 is 18.7 Å². The molecule has 0 radical (unpaired) electrons. The predicted octanol–water partition coefficient (Wildman–Crippen LogP) is 2.22. The highest BCUT2D eigenvalue weighted by molar-refractivity contribution is 5.78. The molecule has 1 amide bonds. The molecule has 2 aliphatic rings. The summed E-state index contributed by atoms with van der Waals surface area (Å²) >= 11 is 0. The van der Waals surface area contributed by atoms with Crippen LogP contribution < -0.4 is 5.32 Å². The number of rotatable bonds is 5. The van der Waals surface area contributed by atoms with E-state index in [0.717, 1.165) is 50.4 Å². The van der Waals surface area contributed by atoms with Crippen LogP contribution in [0.2, 0.25) is 0 Å². The average molecular weight is 307 g/mol. The molecule has 1 spiro atoms. The number of amides is 1. The summed E-state index contributed by atoms with van der Waals surface area (Å²) in [6, 6.07) is 2.08. The molecule has 1 saturated carbocycles. The van der Waals surface area contributed by atoms with Crippen LogP contribution in [0.25, 0.3) is 0 Å². The standard InChI is InChI=1S/C17H25NO4/c1-3-21-15-11-14(17(15)5-8-20-9-6-17)18-16(19)10-13-12(2)4-7-22-13/h4,7,14-15H,3,5-6,8-11H2,1-2H3,(H,18,19)/t14-,15-/m1/s1. The van der Waals surface area contributed by atoms with E-state index in [0.29, 0.717) is 6.42 Å². The van der Waals surface area contributed by atoms with Gasteiger partial charge < -0.3 is 19.2 Å². The number of carbonyl (C=O) groups is 1. The van der Waals surface area contributed by atoms with Crippen molar-refractivity contribution in [2.45, 2.75) is 51.7 Å². The Morgan fingerprint density at radius 2 is 2.23 bits per heavy atom. The van der Waals surface area contributed by atoms with E-state index in [9.17, 15) is 4.79 Å². The van der Waals surface area contributed by atoms with Gasteiger partial charge in [0.25, 0.3) is 0 Å². The Morgan fingerprint density at radius 1 is 1.45 bits per heavy atom. The third-order valence-corrected chi connectivity index (χ3v) is 5.20. The van der Waals surface area contributed by atoms with Gasteiger partial charge in [0.15, 0.2) is 0 Å². The number of aryl methyl sites for hydroxylation is 1. The Bertz CT molecular complexity index is 518. The zero-order chi connectivity index (χ0) is 15.6. The van der Waals surface area contributed by atoms with Crippen molar-refractivity contribution in [3.05, 3.63) is 23.7 Å². The number of hydrogen-bond acceptors (Lipinski definition) is 4. The van der Waals surface area contributed by atoms with Crippen LogP contribution in [0, 0.1) is 12.3 Å². The average Bonchev–Trinajstić information content (AvgIpc) is 2.92. The first-order valence-corrected chi connectivity index (χ1v) is 8.17. The molecule has 5 heteroatoms. The molecular weight excluding hydrogens is 282 g/mol. The van der Waals surface area contributed by atoms with Gasteiger partial charge in [0.2, 0.25) is 5.91 Å². The highest BCUT2D eigenvalue weighted by Crippen LogP contribution is 2.50. The van der Waals surface area contributed by atoms with E-state index in [1.165, 1.54) is 0 Å². The smallest absolute Gasteiger partial charge is 0.227 e. The van der Waals surface area contributed by atoms with Crippen LogP contribution in [0.5, 0.6) is 0 Å². The van der Waals surface area contributed by atoms with Gasteiger partial charge in [0.1, 0.15) is 5.76 Å². The molecule has 5 nitrogen and oxygen atoms in total. The van der Waals surface area contributed by atoms with Crippen molar-refractivity contribution in [1.29, 1.82) is 0 Å². The SMILES string of the molecule is CCO[C@@H]1C[C@@H](NC(=O)Cc2occc2C)C12CCOCC2. The first kappa shape index (κ1) is 15.6. The third-order valence-electron chi connectivity index (χ3n) is 5.20. The van der Waals surface area contributed by atoms with Gasteiger partial charge in [0.05, 0.1) is 18.8 Å². The fraction of sp³-hybridized carbons (Fsp3) is 0.706. The minimum absolute atomic E-state index is 0.0314. The largest absolute Gasteiger partial charge is 0.469 e. The molecule has 3 rings (SSSR count). The first-order valence-electron chi connectivity index (χ1n) is 8.17. The van der Waals surface area contributed by atoms with Crippen molar-refractivity contribution in [3.8, 4) is 0 Å². The summed E-state index contributed by atoms with van der Waals surface area (Å²) in [7, 11) is 0. The highest BCUT2D eigenvalue weighted by atomic mass is 16.5. The normalized spacial score (nSPS) is 26.6. The fourth-order valence-corrected chi connectivity index (χ4v) is 3.78. The van der Waals surface area contributed by atoms with Crippen molar-refractivity contribution in [2.24, 2.45) is 5.41 Å². The summed E-state index contributed by atoms with van der Waals surface area (Å²) in [5.74, 6) is 0.781. The summed E-state index contributed by atoms with van der Waals surface area (Å²) in [5.41, 5.74) is 1.08. The van der Waals surface area contributed by atoms with Gasteiger partial charge >= 0.3 is 0 Å². The van der Waals surface area contributed by atoms with Gasteiger partial charge in [-0.05, 0) is 44.7 Å². The Labute approximate surface area is 131 Å². The van der Waals surface area contributed by atoms with Gasteiger partial charge in [-0.2, -0.15) is 0 Å². The van der Waals surface area contributed by atoms with Crippen LogP contribution in [0.1, 0.15) is 37.5 Å². The molecule has 0 aromatic carbocycles. The van der Waals surface area contributed by atoms with Crippen LogP contribution in [0.4, 0.5) is 0 Å². The van der Waals surface area contributed by atoms with Gasteiger partial charge in [0, 0.05) is 31.3 Å². The fourth-order valence-electron chi connectivity index (χ4n) is 3.78. The molecular formula is C17H25NO4. The molecule has 1 aliphatic heterocycles. The monoisotopic (exact) mass is 307 g/mol. The van der Waals surface area contributed by atoms with E-state index in [1.807, 2.05) is 19.9 Å². The second kappa shape index (κ2) is 6.42. The van der Waals surface area contributed by atoms with E-state index in [4.69, 9.17) is 13.9 Å². The molecule has 122 valence electrons. The van der Waals surface area contributed by atoms with Gasteiger partial charge in [-0.25, -0.2) is 0 Å². The van der Waals surface area contributed by atoms with Crippen molar-refractivity contribution in [1.82, 2.24) is 5.32 Å². The molecule has 22 heavy (non-hydrogen) atoms. The summed E-state index contributed by atoms with van der Waals surface area (Å²) in [6.07, 6.45) is 5.01. The van der Waals surface area contributed by atoms with Crippen LogP contribution >= 0.6 is 0 Å². The number of nitrogens with one attached hydrogen (secondary N) is 1. The summed E-state index contributed by atoms with van der Waals surface area (Å²) in [5, 5.41) is 3.20. The summed E-state index contributed by atoms with van der Waals surface area (Å²) in [4.78, 5) is 12.3. The Balaban J connectivity index is 1.62. The van der Waals surface area contributed by atoms with E-state index in [1.54, 1.807) is 6.26 Å². The first-order chi connectivity index (χ1) is 10.7. The zero-order valence-electron chi connectivity index (χ0n) is 13.4. The Hall–Kier alpha value is -1.33. The number of hydrogen-bond donors (Lipinski definition) is 1. The molecule has 2 fully saturated rings. The second-order valence-corrected chi connectivity index (χ2v) is 6.35.